The fourth-order valence-corrected chi connectivity index (χ4v) is 2.88. The van der Waals surface area contributed by atoms with E-state index >= 15 is 0 Å². The van der Waals surface area contributed by atoms with Gasteiger partial charge in [0.25, 0.3) is 5.91 Å². The predicted octanol–water partition coefficient (Wildman–Crippen LogP) is 2.83. The molecule has 1 aliphatic heterocycles. The van der Waals surface area contributed by atoms with E-state index in [1.807, 2.05) is 0 Å². The minimum atomic E-state index is -0.574. The molecule has 1 aromatic carbocycles. The number of nitro groups is 1. The summed E-state index contributed by atoms with van der Waals surface area (Å²) < 4.78 is 0. The van der Waals surface area contributed by atoms with Gasteiger partial charge in [-0.3, -0.25) is 14.9 Å². The standard InChI is InChI=1S/C15H21N3O3/c1-2-11-5-4-9-17(10-8-11)15(19)12-6-3-7-13(16)14(12)18(20)21/h3,6-7,11H,2,4-5,8-10,16H2,1H3. The molecule has 0 spiro atoms. The highest BCUT2D eigenvalue weighted by atomic mass is 16.6. The predicted molar refractivity (Wildman–Crippen MR) is 81.0 cm³/mol. The Morgan fingerprint density at radius 3 is 2.86 bits per heavy atom. The number of nitrogens with two attached hydrogens (primary N) is 1. The molecule has 1 unspecified atom stereocenters. The highest BCUT2D eigenvalue weighted by molar-refractivity contribution is 6.00. The van der Waals surface area contributed by atoms with Gasteiger partial charge < -0.3 is 10.6 Å². The second-order valence-corrected chi connectivity index (χ2v) is 5.50. The molecule has 1 amide bonds. The number of likely N-dealkylation sites (tertiary alicyclic amines) is 1. The molecule has 0 saturated carbocycles. The molecule has 2 N–H and O–H groups in total. The molecular weight excluding hydrogens is 270 g/mol. The topological polar surface area (TPSA) is 89.5 Å². The Hall–Kier alpha value is -2.11. The summed E-state index contributed by atoms with van der Waals surface area (Å²) in [6.07, 6.45) is 4.12. The van der Waals surface area contributed by atoms with Crippen LogP contribution in [0.2, 0.25) is 0 Å². The van der Waals surface area contributed by atoms with Crippen molar-refractivity contribution in [2.45, 2.75) is 32.6 Å². The molecule has 0 radical (unpaired) electrons. The molecule has 0 aliphatic carbocycles. The Labute approximate surface area is 124 Å². The van der Waals surface area contributed by atoms with Crippen molar-refractivity contribution in [1.82, 2.24) is 4.90 Å². The molecule has 1 fully saturated rings. The molecule has 114 valence electrons. The SMILES string of the molecule is CCC1CCCN(C(=O)c2cccc(N)c2[N+](=O)[O-])CC1. The van der Waals surface area contributed by atoms with Gasteiger partial charge in [-0.25, -0.2) is 0 Å². The van der Waals surface area contributed by atoms with E-state index in [0.29, 0.717) is 19.0 Å². The van der Waals surface area contributed by atoms with Gasteiger partial charge in [0.1, 0.15) is 11.3 Å². The largest absolute Gasteiger partial charge is 0.393 e. The molecule has 1 atom stereocenters. The van der Waals surface area contributed by atoms with E-state index in [2.05, 4.69) is 6.92 Å². The van der Waals surface area contributed by atoms with E-state index in [1.54, 1.807) is 11.0 Å². The Morgan fingerprint density at radius 2 is 2.19 bits per heavy atom. The van der Waals surface area contributed by atoms with Crippen LogP contribution in [0.4, 0.5) is 11.4 Å². The van der Waals surface area contributed by atoms with Crippen molar-refractivity contribution in [2.24, 2.45) is 5.92 Å². The molecule has 0 aromatic heterocycles. The Morgan fingerprint density at radius 1 is 1.43 bits per heavy atom. The highest BCUT2D eigenvalue weighted by Crippen LogP contribution is 2.28. The maximum atomic E-state index is 12.6. The number of anilines is 1. The number of carbonyl (C=O) groups is 1. The van der Waals surface area contributed by atoms with Crippen molar-refractivity contribution in [2.75, 3.05) is 18.8 Å². The monoisotopic (exact) mass is 291 g/mol. The maximum absolute atomic E-state index is 12.6. The van der Waals surface area contributed by atoms with E-state index in [-0.39, 0.29) is 22.8 Å². The van der Waals surface area contributed by atoms with Crippen molar-refractivity contribution in [3.05, 3.63) is 33.9 Å². The molecule has 21 heavy (non-hydrogen) atoms. The molecule has 1 aliphatic rings. The lowest BCUT2D eigenvalue weighted by molar-refractivity contribution is -0.384. The summed E-state index contributed by atoms with van der Waals surface area (Å²) in [6.45, 7) is 3.47. The van der Waals surface area contributed by atoms with E-state index in [0.717, 1.165) is 25.7 Å². The Balaban J connectivity index is 2.24. The van der Waals surface area contributed by atoms with Crippen molar-refractivity contribution < 1.29 is 9.72 Å². The molecular formula is C15H21N3O3. The highest BCUT2D eigenvalue weighted by Gasteiger charge is 2.28. The fourth-order valence-electron chi connectivity index (χ4n) is 2.88. The van der Waals surface area contributed by atoms with Gasteiger partial charge in [-0.2, -0.15) is 0 Å². The number of benzene rings is 1. The number of hydrogen-bond acceptors (Lipinski definition) is 4. The summed E-state index contributed by atoms with van der Waals surface area (Å²) in [7, 11) is 0. The second kappa shape index (κ2) is 6.56. The summed E-state index contributed by atoms with van der Waals surface area (Å²) in [5.74, 6) is 0.351. The maximum Gasteiger partial charge on any atom is 0.304 e. The summed E-state index contributed by atoms with van der Waals surface area (Å²) in [6, 6.07) is 4.52. The normalized spacial score (nSPS) is 19.1. The zero-order valence-corrected chi connectivity index (χ0v) is 12.2. The van der Waals surface area contributed by atoms with Crippen LogP contribution in [-0.4, -0.2) is 28.8 Å². The summed E-state index contributed by atoms with van der Waals surface area (Å²) in [5.41, 5.74) is 5.50. The van der Waals surface area contributed by atoms with Gasteiger partial charge in [0, 0.05) is 13.1 Å². The number of hydrogen-bond donors (Lipinski definition) is 1. The van der Waals surface area contributed by atoms with Crippen LogP contribution in [-0.2, 0) is 0 Å². The first-order chi connectivity index (χ1) is 10.0. The molecule has 6 nitrogen and oxygen atoms in total. The first kappa shape index (κ1) is 15.3. The number of rotatable bonds is 3. The first-order valence-electron chi connectivity index (χ1n) is 7.36. The van der Waals surface area contributed by atoms with Gasteiger partial charge in [-0.1, -0.05) is 19.4 Å². The van der Waals surface area contributed by atoms with E-state index < -0.39 is 4.92 Å². The lowest BCUT2D eigenvalue weighted by Gasteiger charge is -2.20. The number of nitrogen functional groups attached to an aromatic ring is 1. The van der Waals surface area contributed by atoms with Crippen LogP contribution in [0, 0.1) is 16.0 Å². The Bertz CT molecular complexity index is 545. The number of amides is 1. The van der Waals surface area contributed by atoms with Gasteiger partial charge in [-0.15, -0.1) is 0 Å². The average Bonchev–Trinajstić information content (AvgIpc) is 2.71. The summed E-state index contributed by atoms with van der Waals surface area (Å²) in [4.78, 5) is 24.9. The quantitative estimate of drug-likeness (QED) is 0.527. The van der Waals surface area contributed by atoms with E-state index in [9.17, 15) is 14.9 Å². The molecule has 2 rings (SSSR count). The first-order valence-corrected chi connectivity index (χ1v) is 7.36. The van der Waals surface area contributed by atoms with Crippen LogP contribution in [0.5, 0.6) is 0 Å². The van der Waals surface area contributed by atoms with Crippen LogP contribution in [0.3, 0.4) is 0 Å². The van der Waals surface area contributed by atoms with E-state index in [1.165, 1.54) is 12.1 Å². The minimum Gasteiger partial charge on any atom is -0.393 e. The van der Waals surface area contributed by atoms with Crippen LogP contribution < -0.4 is 5.73 Å². The van der Waals surface area contributed by atoms with Crippen molar-refractivity contribution in [3.8, 4) is 0 Å². The molecule has 1 heterocycles. The second-order valence-electron chi connectivity index (χ2n) is 5.50. The third-order valence-electron chi connectivity index (χ3n) is 4.19. The van der Waals surface area contributed by atoms with E-state index in [4.69, 9.17) is 5.73 Å². The summed E-state index contributed by atoms with van der Waals surface area (Å²) >= 11 is 0. The summed E-state index contributed by atoms with van der Waals surface area (Å²) in [5, 5.41) is 11.2. The van der Waals surface area contributed by atoms with Gasteiger partial charge in [0.05, 0.1) is 4.92 Å². The lowest BCUT2D eigenvalue weighted by Crippen LogP contribution is -2.32. The molecule has 6 heteroatoms. The fraction of sp³-hybridized carbons (Fsp3) is 0.533. The van der Waals surface area contributed by atoms with Crippen molar-refractivity contribution in [3.63, 3.8) is 0 Å². The number of para-hydroxylation sites is 1. The van der Waals surface area contributed by atoms with Crippen molar-refractivity contribution in [1.29, 1.82) is 0 Å². The minimum absolute atomic E-state index is 0.0344. The van der Waals surface area contributed by atoms with Gasteiger partial charge in [0.2, 0.25) is 0 Å². The van der Waals surface area contributed by atoms with Gasteiger partial charge in [0.15, 0.2) is 0 Å². The van der Waals surface area contributed by atoms with Crippen LogP contribution in [0.15, 0.2) is 18.2 Å². The van der Waals surface area contributed by atoms with Crippen molar-refractivity contribution >= 4 is 17.3 Å². The van der Waals surface area contributed by atoms with Gasteiger partial charge >= 0.3 is 5.69 Å². The zero-order chi connectivity index (χ0) is 15.4. The Kier molecular flexibility index (Phi) is 4.77. The number of carbonyl (C=O) groups excluding carboxylic acids is 1. The lowest BCUT2D eigenvalue weighted by atomic mass is 9.98. The number of nitrogens with zero attached hydrogens (tertiary/aromatic N) is 2. The van der Waals surface area contributed by atoms with Gasteiger partial charge in [-0.05, 0) is 37.3 Å². The third kappa shape index (κ3) is 3.32. The van der Waals surface area contributed by atoms with Crippen LogP contribution in [0.1, 0.15) is 43.0 Å². The third-order valence-corrected chi connectivity index (χ3v) is 4.19. The zero-order valence-electron chi connectivity index (χ0n) is 12.2. The van der Waals surface area contributed by atoms with Crippen LogP contribution in [0.25, 0.3) is 0 Å². The van der Waals surface area contributed by atoms with Crippen LogP contribution >= 0.6 is 0 Å². The average molecular weight is 291 g/mol. The molecule has 1 saturated heterocycles. The smallest absolute Gasteiger partial charge is 0.304 e. The number of nitro benzene ring substituents is 1. The molecule has 1 aromatic rings. The molecule has 0 bridgehead atoms.